The Morgan fingerprint density at radius 1 is 1.03 bits per heavy atom. The van der Waals surface area contributed by atoms with Crippen molar-refractivity contribution in [3.05, 3.63) is 72.1 Å². The smallest absolute Gasteiger partial charge is 0.321 e. The Kier molecular flexibility index (Phi) is 6.99. The van der Waals surface area contributed by atoms with E-state index in [1.807, 2.05) is 42.7 Å². The molecule has 2 aromatic carbocycles. The number of aromatic nitrogens is 5. The van der Waals surface area contributed by atoms with Crippen molar-refractivity contribution >= 4 is 23.4 Å². The Balaban J connectivity index is 1.39. The van der Waals surface area contributed by atoms with Crippen LogP contribution in [0.3, 0.4) is 0 Å². The molecule has 0 bridgehead atoms. The monoisotopic (exact) mass is 460 g/mol. The predicted molar refractivity (Wildman–Crippen MR) is 129 cm³/mol. The molecule has 0 fully saturated rings. The van der Waals surface area contributed by atoms with Gasteiger partial charge in [0.05, 0.1) is 5.75 Å². The van der Waals surface area contributed by atoms with E-state index >= 15 is 0 Å². The molecule has 8 nitrogen and oxygen atoms in total. The van der Waals surface area contributed by atoms with Crippen LogP contribution in [-0.4, -0.2) is 36.4 Å². The fraction of sp³-hybridized carbons (Fsp3) is 0.208. The van der Waals surface area contributed by atoms with Crippen LogP contribution in [0, 0.1) is 13.8 Å². The lowest BCUT2D eigenvalue weighted by Gasteiger charge is -2.11. The van der Waals surface area contributed by atoms with Crippen molar-refractivity contribution in [2.24, 2.45) is 0 Å². The highest BCUT2D eigenvalue weighted by Gasteiger charge is 2.16. The number of hydrogen-bond donors (Lipinski definition) is 1. The summed E-state index contributed by atoms with van der Waals surface area (Å²) < 4.78 is 7.67. The third-order valence-electron chi connectivity index (χ3n) is 4.97. The summed E-state index contributed by atoms with van der Waals surface area (Å²) >= 11 is 1.37. The summed E-state index contributed by atoms with van der Waals surface area (Å²) in [6, 6.07) is 15.5. The van der Waals surface area contributed by atoms with E-state index in [4.69, 9.17) is 4.74 Å². The van der Waals surface area contributed by atoms with Gasteiger partial charge in [-0.15, -0.1) is 10.2 Å². The van der Waals surface area contributed by atoms with Crippen molar-refractivity contribution in [2.45, 2.75) is 32.5 Å². The molecule has 9 heteroatoms. The first kappa shape index (κ1) is 22.5. The lowest BCUT2D eigenvalue weighted by atomic mass is 10.1. The first-order valence-corrected chi connectivity index (χ1v) is 11.5. The molecule has 1 amide bonds. The summed E-state index contributed by atoms with van der Waals surface area (Å²) in [7, 11) is 0. The fourth-order valence-electron chi connectivity index (χ4n) is 3.30. The number of anilines is 1. The van der Waals surface area contributed by atoms with Crippen LogP contribution in [0.25, 0.3) is 11.4 Å². The molecular formula is C24H24N6O2S. The summed E-state index contributed by atoms with van der Waals surface area (Å²) in [6.07, 6.45) is 3.23. The van der Waals surface area contributed by atoms with E-state index in [9.17, 15) is 4.79 Å². The molecule has 4 aromatic rings. The number of nitrogens with one attached hydrogen (secondary N) is 1. The molecule has 0 saturated carbocycles. The molecular weight excluding hydrogens is 436 g/mol. The summed E-state index contributed by atoms with van der Waals surface area (Å²) in [5.74, 6) is 1.52. The molecule has 0 unspecified atom stereocenters. The van der Waals surface area contributed by atoms with Crippen LogP contribution >= 0.6 is 11.8 Å². The van der Waals surface area contributed by atoms with Crippen LogP contribution in [0.1, 0.15) is 18.1 Å². The number of hydrogen-bond acceptors (Lipinski definition) is 7. The Bertz CT molecular complexity index is 1260. The van der Waals surface area contributed by atoms with Crippen molar-refractivity contribution in [3.63, 3.8) is 0 Å². The van der Waals surface area contributed by atoms with Crippen molar-refractivity contribution in [1.82, 2.24) is 24.7 Å². The molecule has 33 heavy (non-hydrogen) atoms. The fourth-order valence-corrected chi connectivity index (χ4v) is 4.11. The second kappa shape index (κ2) is 10.3. The lowest BCUT2D eigenvalue weighted by molar-refractivity contribution is -0.113. The molecule has 2 heterocycles. The Morgan fingerprint density at radius 3 is 2.55 bits per heavy atom. The second-order valence-corrected chi connectivity index (χ2v) is 8.25. The summed E-state index contributed by atoms with van der Waals surface area (Å²) in [6.45, 7) is 6.72. The van der Waals surface area contributed by atoms with E-state index in [1.54, 1.807) is 30.6 Å². The summed E-state index contributed by atoms with van der Waals surface area (Å²) in [4.78, 5) is 20.7. The number of rotatable bonds is 8. The molecule has 1 N–H and O–H groups in total. The third-order valence-corrected chi connectivity index (χ3v) is 5.94. The molecule has 0 spiro atoms. The average molecular weight is 461 g/mol. The van der Waals surface area contributed by atoms with E-state index in [1.165, 1.54) is 11.8 Å². The number of thioether (sulfide) groups is 1. The van der Waals surface area contributed by atoms with E-state index in [2.05, 4.69) is 38.5 Å². The van der Waals surface area contributed by atoms with Gasteiger partial charge in [0.2, 0.25) is 5.91 Å². The summed E-state index contributed by atoms with van der Waals surface area (Å²) in [5, 5.41) is 12.4. The zero-order valence-corrected chi connectivity index (χ0v) is 19.5. The van der Waals surface area contributed by atoms with Gasteiger partial charge in [0.15, 0.2) is 11.0 Å². The normalized spacial score (nSPS) is 10.8. The molecule has 2 aromatic heterocycles. The van der Waals surface area contributed by atoms with Gasteiger partial charge in [0, 0.05) is 30.2 Å². The van der Waals surface area contributed by atoms with Gasteiger partial charge in [0.1, 0.15) is 5.75 Å². The van der Waals surface area contributed by atoms with Gasteiger partial charge in [0.25, 0.3) is 0 Å². The quantitative estimate of drug-likeness (QED) is 0.374. The number of aryl methyl sites for hydroxylation is 2. The molecule has 0 aliphatic carbocycles. The van der Waals surface area contributed by atoms with Crippen LogP contribution in [0.4, 0.5) is 5.69 Å². The Hall–Kier alpha value is -3.72. The maximum absolute atomic E-state index is 12.6. The minimum Gasteiger partial charge on any atom is -0.424 e. The van der Waals surface area contributed by atoms with Gasteiger partial charge < -0.3 is 14.6 Å². The number of carbonyl (C=O) groups is 1. The molecule has 0 atom stereocenters. The largest absolute Gasteiger partial charge is 0.424 e. The molecule has 0 saturated heterocycles. The molecule has 168 valence electrons. The van der Waals surface area contributed by atoms with Crippen LogP contribution in [0.2, 0.25) is 0 Å². The van der Waals surface area contributed by atoms with Crippen LogP contribution in [-0.2, 0) is 11.3 Å². The molecule has 0 radical (unpaired) electrons. The van der Waals surface area contributed by atoms with Gasteiger partial charge in [-0.2, -0.15) is 0 Å². The highest BCUT2D eigenvalue weighted by molar-refractivity contribution is 7.99. The topological polar surface area (TPSA) is 94.8 Å². The van der Waals surface area contributed by atoms with Gasteiger partial charge in [-0.3, -0.25) is 4.79 Å². The maximum Gasteiger partial charge on any atom is 0.321 e. The third kappa shape index (κ3) is 5.38. The number of benzene rings is 2. The van der Waals surface area contributed by atoms with Crippen LogP contribution in [0.5, 0.6) is 11.8 Å². The Morgan fingerprint density at radius 2 is 1.82 bits per heavy atom. The average Bonchev–Trinajstić information content (AvgIpc) is 3.23. The van der Waals surface area contributed by atoms with Gasteiger partial charge in [-0.25, -0.2) is 9.97 Å². The van der Waals surface area contributed by atoms with Crippen molar-refractivity contribution < 1.29 is 9.53 Å². The number of amides is 1. The van der Waals surface area contributed by atoms with Gasteiger partial charge in [-0.05, 0) is 56.2 Å². The van der Waals surface area contributed by atoms with Crippen molar-refractivity contribution in [3.8, 4) is 23.1 Å². The molecule has 0 aliphatic heterocycles. The van der Waals surface area contributed by atoms with Crippen molar-refractivity contribution in [2.75, 3.05) is 11.1 Å². The number of nitrogens with zero attached hydrogens (tertiary/aromatic N) is 5. The predicted octanol–water partition coefficient (Wildman–Crippen LogP) is 4.89. The number of ether oxygens (including phenoxy) is 1. The molecule has 0 aliphatic rings. The zero-order valence-electron chi connectivity index (χ0n) is 18.6. The minimum atomic E-state index is -0.119. The van der Waals surface area contributed by atoms with E-state index in [-0.39, 0.29) is 17.7 Å². The van der Waals surface area contributed by atoms with E-state index in [0.29, 0.717) is 17.5 Å². The SMILES string of the molecule is CCn1c(SCC(=O)Nc2ccc(Oc3ncccn3)cc2C)nnc1-c1ccccc1C. The van der Waals surface area contributed by atoms with Crippen LogP contribution in [0.15, 0.2) is 66.1 Å². The zero-order chi connectivity index (χ0) is 23.2. The van der Waals surface area contributed by atoms with Crippen LogP contribution < -0.4 is 10.1 Å². The van der Waals surface area contributed by atoms with Crippen molar-refractivity contribution in [1.29, 1.82) is 0 Å². The highest BCUT2D eigenvalue weighted by atomic mass is 32.2. The highest BCUT2D eigenvalue weighted by Crippen LogP contribution is 2.27. The standard InChI is InChI=1S/C24H24N6O2S/c1-4-30-22(19-9-6-5-8-16(19)2)28-29-24(30)33-15-21(31)27-20-11-10-18(14-17(20)3)32-23-25-12-7-13-26-23/h5-14H,4,15H2,1-3H3,(H,27,31). The first-order chi connectivity index (χ1) is 16.0. The first-order valence-electron chi connectivity index (χ1n) is 10.5. The lowest BCUT2D eigenvalue weighted by Crippen LogP contribution is -2.15. The van der Waals surface area contributed by atoms with E-state index < -0.39 is 0 Å². The summed E-state index contributed by atoms with van der Waals surface area (Å²) in [5.41, 5.74) is 3.78. The van der Waals surface area contributed by atoms with E-state index in [0.717, 1.165) is 28.2 Å². The molecule has 4 rings (SSSR count). The van der Waals surface area contributed by atoms with Gasteiger partial charge >= 0.3 is 6.01 Å². The van der Waals surface area contributed by atoms with Gasteiger partial charge in [-0.1, -0.05) is 36.0 Å². The minimum absolute atomic E-state index is 0.119. The second-order valence-electron chi connectivity index (χ2n) is 7.31. The Labute approximate surface area is 196 Å². The maximum atomic E-state index is 12.6. The number of carbonyl (C=O) groups excluding carboxylic acids is 1.